The third-order valence-electron chi connectivity index (χ3n) is 8.24. The lowest BCUT2D eigenvalue weighted by atomic mass is 9.51. The molecule has 25 heavy (non-hydrogen) atoms. The van der Waals surface area contributed by atoms with Crippen LogP contribution in [0.25, 0.3) is 0 Å². The van der Waals surface area contributed by atoms with E-state index in [1.807, 2.05) is 6.08 Å². The van der Waals surface area contributed by atoms with Gasteiger partial charge in [-0.15, -0.1) is 0 Å². The highest BCUT2D eigenvalue weighted by Crippen LogP contribution is 2.65. The Balaban J connectivity index is 1.63. The maximum absolute atomic E-state index is 11.9. The Bertz CT molecular complexity index is 673. The van der Waals surface area contributed by atoms with Crippen LogP contribution >= 0.6 is 0 Å². The quantitative estimate of drug-likeness (QED) is 0.741. The van der Waals surface area contributed by atoms with Gasteiger partial charge < -0.3 is 5.11 Å². The minimum Gasteiger partial charge on any atom is -0.481 e. The van der Waals surface area contributed by atoms with E-state index >= 15 is 0 Å². The molecule has 0 aromatic rings. The third-order valence-corrected chi connectivity index (χ3v) is 8.24. The number of hydrogen-bond donors (Lipinski definition) is 1. The second kappa shape index (κ2) is 5.82. The normalized spacial score (nSPS) is 42.8. The van der Waals surface area contributed by atoms with Gasteiger partial charge in [0.25, 0.3) is 0 Å². The molecular weight excluding hydrogens is 312 g/mol. The lowest BCUT2D eigenvalue weighted by Crippen LogP contribution is -2.44. The van der Waals surface area contributed by atoms with Crippen LogP contribution < -0.4 is 0 Å². The van der Waals surface area contributed by atoms with Gasteiger partial charge in [-0.05, 0) is 74.2 Å². The first kappa shape index (κ1) is 17.1. The van der Waals surface area contributed by atoms with E-state index in [-0.39, 0.29) is 10.8 Å². The number of ketones is 1. The highest BCUT2D eigenvalue weighted by Gasteiger charge is 2.55. The van der Waals surface area contributed by atoms with Crippen molar-refractivity contribution in [2.45, 2.75) is 71.6 Å². The minimum atomic E-state index is -0.661. The van der Waals surface area contributed by atoms with Gasteiger partial charge in [0.15, 0.2) is 5.78 Å². The summed E-state index contributed by atoms with van der Waals surface area (Å²) in [4.78, 5) is 22.9. The number of carboxylic acid groups (broad SMARTS) is 1. The van der Waals surface area contributed by atoms with Crippen molar-refractivity contribution in [3.8, 4) is 0 Å². The van der Waals surface area contributed by atoms with E-state index in [0.29, 0.717) is 36.4 Å². The lowest BCUT2D eigenvalue weighted by molar-refractivity contribution is -0.137. The van der Waals surface area contributed by atoms with Gasteiger partial charge in [-0.1, -0.05) is 31.1 Å². The molecule has 0 radical (unpaired) electrons. The molecule has 0 bridgehead atoms. The Hall–Kier alpha value is -1.38. The molecule has 0 aromatic carbocycles. The number of carbonyl (C=O) groups excluding carboxylic acids is 1. The highest BCUT2D eigenvalue weighted by atomic mass is 16.4. The fraction of sp³-hybridized carbons (Fsp3) is 0.727. The Morgan fingerprint density at radius 2 is 2.04 bits per heavy atom. The second-order valence-corrected chi connectivity index (χ2v) is 9.30. The molecule has 0 aromatic heterocycles. The molecule has 136 valence electrons. The molecule has 0 saturated heterocycles. The van der Waals surface area contributed by atoms with Crippen LogP contribution in [-0.2, 0) is 9.59 Å². The molecule has 3 heteroatoms. The summed E-state index contributed by atoms with van der Waals surface area (Å²) >= 11 is 0. The molecule has 4 aliphatic carbocycles. The summed E-state index contributed by atoms with van der Waals surface area (Å²) < 4.78 is 0. The number of hydrogen-bond acceptors (Lipinski definition) is 2. The molecule has 0 heterocycles. The number of carboxylic acids is 1. The molecule has 0 amide bonds. The van der Waals surface area contributed by atoms with Gasteiger partial charge in [0.1, 0.15) is 0 Å². The van der Waals surface area contributed by atoms with E-state index in [1.54, 1.807) is 5.57 Å². The van der Waals surface area contributed by atoms with Crippen molar-refractivity contribution < 1.29 is 14.7 Å². The van der Waals surface area contributed by atoms with Crippen molar-refractivity contribution >= 4 is 11.8 Å². The standard InChI is InChI=1S/C22H30O3/c1-21-12-10-19-17(18(21)7-4-14(21)5-8-20(24)25)6-3-15-13-16(23)9-11-22(15,19)2/h10,13-14,17-18H,3-9,11-12H2,1-2H3,(H,24,25)/t14-,17+,18+,21-,22+/m1/s1. The van der Waals surface area contributed by atoms with Crippen LogP contribution in [0.15, 0.2) is 23.3 Å². The first-order valence-electron chi connectivity index (χ1n) is 10.0. The van der Waals surface area contributed by atoms with Crippen molar-refractivity contribution in [2.75, 3.05) is 0 Å². The molecule has 3 nitrogen and oxygen atoms in total. The summed E-state index contributed by atoms with van der Waals surface area (Å²) in [5, 5.41) is 9.08. The van der Waals surface area contributed by atoms with E-state index < -0.39 is 5.97 Å². The molecular formula is C22H30O3. The van der Waals surface area contributed by atoms with Gasteiger partial charge in [0.2, 0.25) is 0 Å². The zero-order valence-electron chi connectivity index (χ0n) is 15.5. The summed E-state index contributed by atoms with van der Waals surface area (Å²) in [6.07, 6.45) is 13.0. The van der Waals surface area contributed by atoms with Crippen LogP contribution in [0, 0.1) is 28.6 Å². The predicted molar refractivity (Wildman–Crippen MR) is 97.0 cm³/mol. The van der Waals surface area contributed by atoms with E-state index in [2.05, 4.69) is 19.9 Å². The topological polar surface area (TPSA) is 54.4 Å². The highest BCUT2D eigenvalue weighted by molar-refractivity contribution is 5.92. The van der Waals surface area contributed by atoms with Crippen molar-refractivity contribution in [1.82, 2.24) is 0 Å². The van der Waals surface area contributed by atoms with Crippen molar-refractivity contribution in [1.29, 1.82) is 0 Å². The number of aliphatic carboxylic acids is 1. The van der Waals surface area contributed by atoms with Crippen LogP contribution in [0.5, 0.6) is 0 Å². The molecule has 0 aliphatic heterocycles. The molecule has 0 spiro atoms. The van der Waals surface area contributed by atoms with Gasteiger partial charge in [-0.3, -0.25) is 9.59 Å². The lowest BCUT2D eigenvalue weighted by Gasteiger charge is -2.53. The first-order chi connectivity index (χ1) is 11.8. The number of allylic oxidation sites excluding steroid dienone is 4. The summed E-state index contributed by atoms with van der Waals surface area (Å²) in [5.41, 5.74) is 3.36. The van der Waals surface area contributed by atoms with Gasteiger partial charge in [-0.2, -0.15) is 0 Å². The van der Waals surface area contributed by atoms with Gasteiger partial charge in [0, 0.05) is 18.3 Å². The summed E-state index contributed by atoms with van der Waals surface area (Å²) in [5.74, 6) is 1.53. The molecule has 2 fully saturated rings. The molecule has 2 saturated carbocycles. The third kappa shape index (κ3) is 2.53. The SMILES string of the molecule is C[C@]12CCC(=O)C=C1CC[C@@H]1C2=CC[C@]2(C)[C@@H](CCC(=O)O)CC[C@@H]12. The Labute approximate surface area is 150 Å². The minimum absolute atomic E-state index is 0.108. The smallest absolute Gasteiger partial charge is 0.303 e. The first-order valence-corrected chi connectivity index (χ1v) is 10.0. The van der Waals surface area contributed by atoms with Gasteiger partial charge >= 0.3 is 5.97 Å². The Kier molecular flexibility index (Phi) is 3.97. The molecule has 1 N–H and O–H groups in total. The largest absolute Gasteiger partial charge is 0.481 e. The zero-order valence-corrected chi connectivity index (χ0v) is 15.5. The second-order valence-electron chi connectivity index (χ2n) is 9.30. The average Bonchev–Trinajstić information content (AvgIpc) is 2.90. The summed E-state index contributed by atoms with van der Waals surface area (Å²) in [6.45, 7) is 4.78. The molecule has 5 atom stereocenters. The van der Waals surface area contributed by atoms with Crippen LogP contribution in [0.4, 0.5) is 0 Å². The van der Waals surface area contributed by atoms with Gasteiger partial charge in [-0.25, -0.2) is 0 Å². The van der Waals surface area contributed by atoms with Crippen molar-refractivity contribution in [3.63, 3.8) is 0 Å². The van der Waals surface area contributed by atoms with Crippen LogP contribution in [0.2, 0.25) is 0 Å². The fourth-order valence-corrected chi connectivity index (χ4v) is 6.73. The van der Waals surface area contributed by atoms with Crippen LogP contribution in [-0.4, -0.2) is 16.9 Å². The summed E-state index contributed by atoms with van der Waals surface area (Å²) in [7, 11) is 0. The van der Waals surface area contributed by atoms with Crippen LogP contribution in [0.3, 0.4) is 0 Å². The number of carbonyl (C=O) groups is 2. The monoisotopic (exact) mass is 342 g/mol. The Morgan fingerprint density at radius 3 is 2.80 bits per heavy atom. The number of fused-ring (bicyclic) bond motifs is 5. The maximum Gasteiger partial charge on any atom is 0.303 e. The molecule has 4 aliphatic rings. The maximum atomic E-state index is 11.9. The fourth-order valence-electron chi connectivity index (χ4n) is 6.73. The Morgan fingerprint density at radius 1 is 1.24 bits per heavy atom. The van der Waals surface area contributed by atoms with Gasteiger partial charge in [0.05, 0.1) is 0 Å². The van der Waals surface area contributed by atoms with E-state index in [1.165, 1.54) is 24.8 Å². The zero-order chi connectivity index (χ0) is 17.8. The molecule has 0 unspecified atom stereocenters. The van der Waals surface area contributed by atoms with Crippen LogP contribution in [0.1, 0.15) is 71.6 Å². The van der Waals surface area contributed by atoms with E-state index in [0.717, 1.165) is 25.7 Å². The van der Waals surface area contributed by atoms with E-state index in [9.17, 15) is 9.59 Å². The van der Waals surface area contributed by atoms with Crippen molar-refractivity contribution in [2.24, 2.45) is 28.6 Å². The van der Waals surface area contributed by atoms with Crippen molar-refractivity contribution in [3.05, 3.63) is 23.3 Å². The predicted octanol–water partition coefficient (Wildman–Crippen LogP) is 4.92. The average molecular weight is 342 g/mol. The summed E-state index contributed by atoms with van der Waals surface area (Å²) in [6, 6.07) is 0. The number of rotatable bonds is 3. The molecule has 4 rings (SSSR count). The van der Waals surface area contributed by atoms with E-state index in [4.69, 9.17) is 5.11 Å².